The van der Waals surface area contributed by atoms with Crippen LogP contribution in [0.4, 0.5) is 0 Å². The Morgan fingerprint density at radius 3 is 1.96 bits per heavy atom. The summed E-state index contributed by atoms with van der Waals surface area (Å²) in [5, 5.41) is 9.47. The normalized spacial score (nSPS) is 12.1. The minimum absolute atomic E-state index is 0.0386. The van der Waals surface area contributed by atoms with Gasteiger partial charge in [-0.3, -0.25) is 4.79 Å². The summed E-state index contributed by atoms with van der Waals surface area (Å²) >= 11 is 0. The van der Waals surface area contributed by atoms with Crippen LogP contribution in [0.2, 0.25) is 0 Å². The van der Waals surface area contributed by atoms with Crippen molar-refractivity contribution in [2.45, 2.75) is 52.7 Å². The molecular formula is C22H28O5. The second-order valence-corrected chi connectivity index (χ2v) is 6.98. The van der Waals surface area contributed by atoms with Crippen molar-refractivity contribution in [3.8, 4) is 23.0 Å². The van der Waals surface area contributed by atoms with Gasteiger partial charge in [0.2, 0.25) is 5.75 Å². The van der Waals surface area contributed by atoms with Crippen molar-refractivity contribution in [2.24, 2.45) is 0 Å². The Hall–Kier alpha value is -2.69. The van der Waals surface area contributed by atoms with Gasteiger partial charge in [-0.2, -0.15) is 0 Å². The van der Waals surface area contributed by atoms with Gasteiger partial charge in [-0.05, 0) is 57.5 Å². The van der Waals surface area contributed by atoms with Crippen molar-refractivity contribution in [3.63, 3.8) is 0 Å². The molecule has 27 heavy (non-hydrogen) atoms. The van der Waals surface area contributed by atoms with E-state index in [9.17, 15) is 9.90 Å². The lowest BCUT2D eigenvalue weighted by atomic mass is 9.91. The van der Waals surface area contributed by atoms with E-state index < -0.39 is 5.92 Å². The molecule has 0 saturated heterocycles. The van der Waals surface area contributed by atoms with Crippen LogP contribution in [0, 0.1) is 0 Å². The number of carbonyl (C=O) groups is 1. The molecule has 0 saturated carbocycles. The number of phenolic OH excluding ortho intramolecular Hbond substituents is 1. The van der Waals surface area contributed by atoms with E-state index in [-0.39, 0.29) is 23.7 Å². The molecule has 1 atom stereocenters. The van der Waals surface area contributed by atoms with Crippen molar-refractivity contribution < 1.29 is 24.1 Å². The first-order chi connectivity index (χ1) is 12.7. The first kappa shape index (κ1) is 20.6. The van der Waals surface area contributed by atoms with Gasteiger partial charge in [-0.25, -0.2) is 0 Å². The Morgan fingerprint density at radius 2 is 1.44 bits per heavy atom. The molecule has 0 aromatic heterocycles. The van der Waals surface area contributed by atoms with Gasteiger partial charge in [0, 0.05) is 5.92 Å². The first-order valence-electron chi connectivity index (χ1n) is 9.12. The number of phenols is 1. The topological polar surface area (TPSA) is 65.0 Å². The van der Waals surface area contributed by atoms with Gasteiger partial charge in [0.1, 0.15) is 5.75 Å². The van der Waals surface area contributed by atoms with Gasteiger partial charge < -0.3 is 19.3 Å². The molecule has 0 spiro atoms. The van der Waals surface area contributed by atoms with E-state index in [0.717, 1.165) is 5.56 Å². The molecule has 0 aliphatic rings. The number of carbonyl (C=O) groups excluding carboxylic acids is 1. The molecule has 0 bridgehead atoms. The van der Waals surface area contributed by atoms with Crippen LogP contribution in [0.3, 0.4) is 0 Å². The third kappa shape index (κ3) is 4.94. The molecule has 0 radical (unpaired) electrons. The van der Waals surface area contributed by atoms with Crippen LogP contribution in [0.15, 0.2) is 36.4 Å². The number of ether oxygens (including phenoxy) is 3. The van der Waals surface area contributed by atoms with Gasteiger partial charge in [-0.1, -0.05) is 19.1 Å². The maximum absolute atomic E-state index is 13.2. The van der Waals surface area contributed by atoms with Crippen LogP contribution in [0.25, 0.3) is 0 Å². The second kappa shape index (κ2) is 8.80. The van der Waals surface area contributed by atoms with E-state index in [1.54, 1.807) is 36.4 Å². The standard InChI is InChI=1S/C22H28O5/c1-13(2)26-19-12-11-18(21(22(19)25-6)27-14(3)4)20(24)15(5)16-7-9-17(23)10-8-16/h7-15,23H,1-6H3. The molecule has 2 aromatic carbocycles. The Labute approximate surface area is 160 Å². The van der Waals surface area contributed by atoms with Crippen LogP contribution >= 0.6 is 0 Å². The van der Waals surface area contributed by atoms with Crippen LogP contribution in [-0.4, -0.2) is 30.2 Å². The zero-order chi connectivity index (χ0) is 20.1. The van der Waals surface area contributed by atoms with Crippen molar-refractivity contribution >= 4 is 5.78 Å². The zero-order valence-electron chi connectivity index (χ0n) is 16.8. The van der Waals surface area contributed by atoms with E-state index >= 15 is 0 Å². The van der Waals surface area contributed by atoms with E-state index in [4.69, 9.17) is 14.2 Å². The van der Waals surface area contributed by atoms with Crippen molar-refractivity contribution in [1.82, 2.24) is 0 Å². The summed E-state index contributed by atoms with van der Waals surface area (Å²) < 4.78 is 17.3. The number of hydrogen-bond acceptors (Lipinski definition) is 5. The third-order valence-corrected chi connectivity index (χ3v) is 4.05. The van der Waals surface area contributed by atoms with Gasteiger partial charge in [0.15, 0.2) is 17.3 Å². The highest BCUT2D eigenvalue weighted by Crippen LogP contribution is 2.42. The SMILES string of the molecule is COc1c(OC(C)C)ccc(C(=O)C(C)c2ccc(O)cc2)c1OC(C)C. The Morgan fingerprint density at radius 1 is 0.852 bits per heavy atom. The summed E-state index contributed by atoms with van der Waals surface area (Å²) in [5.74, 6) is 1.02. The maximum atomic E-state index is 13.2. The molecule has 0 amide bonds. The Bertz CT molecular complexity index is 778. The van der Waals surface area contributed by atoms with Crippen LogP contribution < -0.4 is 14.2 Å². The predicted octanol–water partition coefficient (Wildman–Crippen LogP) is 4.96. The lowest BCUT2D eigenvalue weighted by Crippen LogP contribution is -2.16. The molecule has 0 heterocycles. The molecule has 2 rings (SSSR count). The van der Waals surface area contributed by atoms with Crippen LogP contribution in [-0.2, 0) is 0 Å². The van der Waals surface area contributed by atoms with Gasteiger partial charge in [0.25, 0.3) is 0 Å². The van der Waals surface area contributed by atoms with Crippen molar-refractivity contribution in [2.75, 3.05) is 7.11 Å². The highest BCUT2D eigenvalue weighted by molar-refractivity contribution is 6.04. The summed E-state index contributed by atoms with van der Waals surface area (Å²) in [7, 11) is 1.54. The summed E-state index contributed by atoms with van der Waals surface area (Å²) in [6.45, 7) is 9.47. The molecule has 1 unspecified atom stereocenters. The van der Waals surface area contributed by atoms with Gasteiger partial charge >= 0.3 is 0 Å². The van der Waals surface area contributed by atoms with Crippen LogP contribution in [0.1, 0.15) is 56.5 Å². The predicted molar refractivity (Wildman–Crippen MR) is 105 cm³/mol. The average Bonchev–Trinajstić information content (AvgIpc) is 2.60. The minimum Gasteiger partial charge on any atom is -0.508 e. The molecule has 0 aliphatic heterocycles. The third-order valence-electron chi connectivity index (χ3n) is 4.05. The molecule has 2 aromatic rings. The largest absolute Gasteiger partial charge is 0.508 e. The molecule has 0 aliphatic carbocycles. The summed E-state index contributed by atoms with van der Waals surface area (Å²) in [5.41, 5.74) is 1.26. The average molecular weight is 372 g/mol. The molecule has 146 valence electrons. The lowest BCUT2D eigenvalue weighted by molar-refractivity contribution is 0.0958. The van der Waals surface area contributed by atoms with Crippen LogP contribution in [0.5, 0.6) is 23.0 Å². The van der Waals surface area contributed by atoms with E-state index in [2.05, 4.69) is 0 Å². The zero-order valence-corrected chi connectivity index (χ0v) is 16.8. The monoisotopic (exact) mass is 372 g/mol. The first-order valence-corrected chi connectivity index (χ1v) is 9.12. The van der Waals surface area contributed by atoms with E-state index in [1.807, 2.05) is 34.6 Å². The fraction of sp³-hybridized carbons (Fsp3) is 0.409. The summed E-state index contributed by atoms with van der Waals surface area (Å²) in [6, 6.07) is 10.1. The van der Waals surface area contributed by atoms with Gasteiger partial charge in [0.05, 0.1) is 24.9 Å². The van der Waals surface area contributed by atoms with E-state index in [1.165, 1.54) is 7.11 Å². The number of benzene rings is 2. The second-order valence-electron chi connectivity index (χ2n) is 6.98. The Kier molecular flexibility index (Phi) is 6.72. The number of Topliss-reactive ketones (excluding diaryl/α,β-unsaturated/α-hetero) is 1. The molecule has 5 heteroatoms. The van der Waals surface area contributed by atoms with E-state index in [0.29, 0.717) is 22.8 Å². The number of hydrogen-bond donors (Lipinski definition) is 1. The van der Waals surface area contributed by atoms with Crippen molar-refractivity contribution in [3.05, 3.63) is 47.5 Å². The smallest absolute Gasteiger partial charge is 0.204 e. The maximum Gasteiger partial charge on any atom is 0.204 e. The number of methoxy groups -OCH3 is 1. The van der Waals surface area contributed by atoms with Gasteiger partial charge in [-0.15, -0.1) is 0 Å². The highest BCUT2D eigenvalue weighted by Gasteiger charge is 2.26. The number of aromatic hydroxyl groups is 1. The highest BCUT2D eigenvalue weighted by atomic mass is 16.5. The quantitative estimate of drug-likeness (QED) is 0.663. The molecule has 5 nitrogen and oxygen atoms in total. The minimum atomic E-state index is -0.401. The summed E-state index contributed by atoms with van der Waals surface area (Å²) in [6.07, 6.45) is -0.174. The molecule has 0 fully saturated rings. The fourth-order valence-corrected chi connectivity index (χ4v) is 2.78. The molecular weight excluding hydrogens is 344 g/mol. The lowest BCUT2D eigenvalue weighted by Gasteiger charge is -2.22. The van der Waals surface area contributed by atoms with Crippen molar-refractivity contribution in [1.29, 1.82) is 0 Å². The number of rotatable bonds is 8. The molecule has 1 N–H and O–H groups in total. The summed E-state index contributed by atoms with van der Waals surface area (Å²) in [4.78, 5) is 13.2. The Balaban J connectivity index is 2.50. The number of ketones is 1. The fourth-order valence-electron chi connectivity index (χ4n) is 2.78.